The second kappa shape index (κ2) is 7.58. The topological polar surface area (TPSA) is 35.9 Å². The Morgan fingerprint density at radius 3 is 2.11 bits per heavy atom. The zero-order chi connectivity index (χ0) is 19.1. The van der Waals surface area contributed by atoms with Crippen LogP contribution in [-0.2, 0) is 4.74 Å². The van der Waals surface area contributed by atoms with Crippen molar-refractivity contribution in [2.24, 2.45) is 17.8 Å². The summed E-state index contributed by atoms with van der Waals surface area (Å²) in [6.07, 6.45) is 7.52. The van der Waals surface area contributed by atoms with Crippen LogP contribution in [0.15, 0.2) is 24.3 Å². The minimum absolute atomic E-state index is 0.0804. The molecule has 1 aliphatic heterocycles. The summed E-state index contributed by atoms with van der Waals surface area (Å²) in [5, 5.41) is 10.6. The number of nitrogens with zero attached hydrogens (tertiary/aromatic N) is 2. The fourth-order valence-corrected chi connectivity index (χ4v) is 6.67. The summed E-state index contributed by atoms with van der Waals surface area (Å²) < 4.78 is 19.5. The predicted octanol–water partition coefficient (Wildman–Crippen LogP) is 3.29. The highest BCUT2D eigenvalue weighted by Gasteiger charge is 2.51. The summed E-state index contributed by atoms with van der Waals surface area (Å²) in [5.41, 5.74) is 1.16. The van der Waals surface area contributed by atoms with Crippen molar-refractivity contribution in [2.45, 2.75) is 50.2 Å². The Hall–Kier alpha value is -1.17. The van der Waals surface area contributed by atoms with E-state index in [-0.39, 0.29) is 11.4 Å². The molecule has 5 fully saturated rings. The molecule has 1 saturated heterocycles. The normalized spacial score (nSPS) is 36.1. The maximum absolute atomic E-state index is 13.1. The fraction of sp³-hybridized carbons (Fsp3) is 0.739. The molecule has 1 atom stereocenters. The van der Waals surface area contributed by atoms with Crippen molar-refractivity contribution in [1.82, 2.24) is 4.90 Å². The van der Waals surface area contributed by atoms with Crippen LogP contribution in [0.1, 0.15) is 38.5 Å². The van der Waals surface area contributed by atoms with Crippen LogP contribution in [0.25, 0.3) is 0 Å². The van der Waals surface area contributed by atoms with Gasteiger partial charge in [-0.25, -0.2) is 4.39 Å². The second-order valence-electron chi connectivity index (χ2n) is 9.83. The minimum atomic E-state index is -0.412. The first-order valence-corrected chi connectivity index (χ1v) is 11.1. The molecule has 1 N–H and O–H groups in total. The van der Waals surface area contributed by atoms with Crippen LogP contribution >= 0.6 is 0 Å². The minimum Gasteiger partial charge on any atom is -0.389 e. The van der Waals surface area contributed by atoms with Crippen LogP contribution in [0, 0.1) is 23.6 Å². The van der Waals surface area contributed by atoms with Gasteiger partial charge in [-0.3, -0.25) is 4.90 Å². The molecular weight excluding hydrogens is 355 g/mol. The van der Waals surface area contributed by atoms with E-state index >= 15 is 0 Å². The monoisotopic (exact) mass is 388 g/mol. The van der Waals surface area contributed by atoms with E-state index in [0.717, 1.165) is 49.6 Å². The van der Waals surface area contributed by atoms with Crippen LogP contribution < -0.4 is 4.90 Å². The molecule has 1 heterocycles. The number of hydrogen-bond donors (Lipinski definition) is 1. The Balaban J connectivity index is 1.08. The van der Waals surface area contributed by atoms with Gasteiger partial charge in [0.15, 0.2) is 0 Å². The van der Waals surface area contributed by atoms with E-state index in [1.165, 1.54) is 50.7 Å². The maximum atomic E-state index is 13.1. The van der Waals surface area contributed by atoms with Crippen molar-refractivity contribution < 1.29 is 14.2 Å². The van der Waals surface area contributed by atoms with Gasteiger partial charge < -0.3 is 14.7 Å². The Morgan fingerprint density at radius 1 is 0.964 bits per heavy atom. The maximum Gasteiger partial charge on any atom is 0.123 e. The van der Waals surface area contributed by atoms with E-state index in [9.17, 15) is 9.50 Å². The molecule has 5 aliphatic rings. The van der Waals surface area contributed by atoms with E-state index in [1.807, 2.05) is 12.1 Å². The number of anilines is 1. The molecule has 4 bridgehead atoms. The molecule has 4 saturated carbocycles. The SMILES string of the molecule is O[C@H](COC12CC3CC(CC(C3)C1)C2)CN1CCN(c2ccc(F)cc2)CC1. The van der Waals surface area contributed by atoms with Crippen LogP contribution in [0.4, 0.5) is 10.1 Å². The standard InChI is InChI=1S/C23H33FN2O2/c24-20-1-3-21(4-2-20)26-7-5-25(6-8-26)15-22(27)16-28-23-12-17-9-18(13-23)11-19(10-17)14-23/h1-4,17-19,22,27H,5-16H2/t17?,18?,19?,22-,23?/m0/s1. The van der Waals surface area contributed by atoms with Crippen molar-refractivity contribution >= 4 is 5.69 Å². The lowest BCUT2D eigenvalue weighted by Gasteiger charge is -2.56. The van der Waals surface area contributed by atoms with Crippen molar-refractivity contribution in [3.8, 4) is 0 Å². The third kappa shape index (κ3) is 3.94. The molecule has 4 nitrogen and oxygen atoms in total. The summed E-state index contributed by atoms with van der Waals surface area (Å²) in [6.45, 7) is 4.83. The highest BCUT2D eigenvalue weighted by Crippen LogP contribution is 2.57. The summed E-state index contributed by atoms with van der Waals surface area (Å²) in [4.78, 5) is 4.61. The quantitative estimate of drug-likeness (QED) is 0.811. The predicted molar refractivity (Wildman–Crippen MR) is 108 cm³/mol. The zero-order valence-electron chi connectivity index (χ0n) is 16.7. The zero-order valence-corrected chi connectivity index (χ0v) is 16.7. The summed E-state index contributed by atoms with van der Waals surface area (Å²) in [6, 6.07) is 6.73. The van der Waals surface area contributed by atoms with Crippen LogP contribution in [0.3, 0.4) is 0 Å². The number of hydrogen-bond acceptors (Lipinski definition) is 4. The number of aliphatic hydroxyl groups is 1. The van der Waals surface area contributed by atoms with E-state index in [1.54, 1.807) is 0 Å². The summed E-state index contributed by atoms with van der Waals surface area (Å²) in [5.74, 6) is 2.44. The number of halogens is 1. The molecule has 4 aliphatic carbocycles. The Morgan fingerprint density at radius 2 is 1.54 bits per heavy atom. The lowest BCUT2D eigenvalue weighted by molar-refractivity contribution is -0.176. The number of β-amino-alcohol motifs (C(OH)–C–C–N with tert-alkyl or cyclic N) is 1. The largest absolute Gasteiger partial charge is 0.389 e. The van der Waals surface area contributed by atoms with Crippen LogP contribution in [0.2, 0.25) is 0 Å². The van der Waals surface area contributed by atoms with Gasteiger partial charge in [-0.1, -0.05) is 0 Å². The van der Waals surface area contributed by atoms with Crippen molar-refractivity contribution in [2.75, 3.05) is 44.2 Å². The molecular formula is C23H33FN2O2. The molecule has 6 rings (SSSR count). The Bertz CT molecular complexity index is 636. The number of aliphatic hydroxyl groups excluding tert-OH is 1. The Labute approximate surface area is 167 Å². The van der Waals surface area contributed by atoms with E-state index in [0.29, 0.717) is 13.2 Å². The third-order valence-corrected chi connectivity index (χ3v) is 7.60. The van der Waals surface area contributed by atoms with Crippen molar-refractivity contribution in [1.29, 1.82) is 0 Å². The van der Waals surface area contributed by atoms with Crippen molar-refractivity contribution in [3.05, 3.63) is 30.1 Å². The molecule has 28 heavy (non-hydrogen) atoms. The smallest absolute Gasteiger partial charge is 0.123 e. The lowest BCUT2D eigenvalue weighted by atomic mass is 9.54. The van der Waals surface area contributed by atoms with Gasteiger partial charge in [0.1, 0.15) is 5.82 Å². The molecule has 5 heteroatoms. The second-order valence-corrected chi connectivity index (χ2v) is 9.83. The van der Waals surface area contributed by atoms with Gasteiger partial charge in [-0.2, -0.15) is 0 Å². The average molecular weight is 389 g/mol. The molecule has 154 valence electrons. The van der Waals surface area contributed by atoms with E-state index in [4.69, 9.17) is 4.74 Å². The van der Waals surface area contributed by atoms with Gasteiger partial charge in [0.05, 0.1) is 18.3 Å². The van der Waals surface area contributed by atoms with Gasteiger partial charge in [0.2, 0.25) is 0 Å². The lowest BCUT2D eigenvalue weighted by Crippen LogP contribution is -2.53. The summed E-state index contributed by atoms with van der Waals surface area (Å²) in [7, 11) is 0. The van der Waals surface area contributed by atoms with Gasteiger partial charge >= 0.3 is 0 Å². The highest BCUT2D eigenvalue weighted by molar-refractivity contribution is 5.46. The average Bonchev–Trinajstić information content (AvgIpc) is 2.67. The molecule has 1 aromatic rings. The number of piperazine rings is 1. The number of benzene rings is 1. The summed E-state index contributed by atoms with van der Waals surface area (Å²) >= 11 is 0. The molecule has 0 spiro atoms. The molecule has 0 radical (unpaired) electrons. The molecule has 0 amide bonds. The van der Waals surface area contributed by atoms with Gasteiger partial charge in [0, 0.05) is 38.4 Å². The molecule has 0 unspecified atom stereocenters. The number of ether oxygens (including phenoxy) is 1. The van der Waals surface area contributed by atoms with Crippen LogP contribution in [0.5, 0.6) is 0 Å². The fourth-order valence-electron chi connectivity index (χ4n) is 6.67. The first-order valence-electron chi connectivity index (χ1n) is 11.1. The first kappa shape index (κ1) is 18.8. The van der Waals surface area contributed by atoms with Gasteiger partial charge in [-0.15, -0.1) is 0 Å². The van der Waals surface area contributed by atoms with E-state index in [2.05, 4.69) is 9.80 Å². The van der Waals surface area contributed by atoms with E-state index < -0.39 is 6.10 Å². The number of rotatable bonds is 6. The van der Waals surface area contributed by atoms with Gasteiger partial charge in [0.25, 0.3) is 0 Å². The highest BCUT2D eigenvalue weighted by atomic mass is 19.1. The first-order chi connectivity index (χ1) is 13.6. The van der Waals surface area contributed by atoms with Crippen molar-refractivity contribution in [3.63, 3.8) is 0 Å². The Kier molecular flexibility index (Phi) is 5.10. The molecule has 0 aromatic heterocycles. The third-order valence-electron chi connectivity index (χ3n) is 7.60. The van der Waals surface area contributed by atoms with Crippen LogP contribution in [-0.4, -0.2) is 61.0 Å². The molecule has 1 aromatic carbocycles. The van der Waals surface area contributed by atoms with Gasteiger partial charge in [-0.05, 0) is 80.5 Å².